The number of nitrogens with zero attached hydrogens (tertiary/aromatic N) is 3. The summed E-state index contributed by atoms with van der Waals surface area (Å²) in [5.41, 5.74) is 3.03. The van der Waals surface area contributed by atoms with Crippen LogP contribution in [0.15, 0.2) is 18.2 Å². The third kappa shape index (κ3) is 4.25. The topological polar surface area (TPSA) is 84.4 Å². The van der Waals surface area contributed by atoms with Crippen LogP contribution in [0.25, 0.3) is 0 Å². The minimum Gasteiger partial charge on any atom is -0.374 e. The first-order valence-electron chi connectivity index (χ1n) is 8.56. The molecule has 1 aliphatic rings. The lowest BCUT2D eigenvalue weighted by molar-refractivity contribution is -0.122. The number of hydrogen-bond acceptors (Lipinski definition) is 6. The van der Waals surface area contributed by atoms with Gasteiger partial charge in [-0.05, 0) is 44.0 Å². The number of carbonyl (C=O) groups excluding carboxylic acids is 2. The molecule has 1 aromatic heterocycles. The van der Waals surface area contributed by atoms with Crippen molar-refractivity contribution in [1.29, 1.82) is 0 Å². The molecule has 8 heteroatoms. The maximum absolute atomic E-state index is 12.5. The van der Waals surface area contributed by atoms with Gasteiger partial charge in [0, 0.05) is 25.3 Å². The summed E-state index contributed by atoms with van der Waals surface area (Å²) in [7, 11) is 0. The molecule has 1 N–H and O–H groups in total. The first-order valence-corrected chi connectivity index (χ1v) is 9.37. The van der Waals surface area contributed by atoms with Gasteiger partial charge in [0.2, 0.25) is 16.9 Å². The van der Waals surface area contributed by atoms with Gasteiger partial charge in [0.05, 0.1) is 5.92 Å². The van der Waals surface area contributed by atoms with Crippen molar-refractivity contribution in [3.05, 3.63) is 34.3 Å². The third-order valence-corrected chi connectivity index (χ3v) is 4.95. The molecule has 0 aliphatic carbocycles. The average molecular weight is 374 g/mol. The van der Waals surface area contributed by atoms with E-state index < -0.39 is 5.92 Å². The van der Waals surface area contributed by atoms with Crippen molar-refractivity contribution >= 4 is 34.0 Å². The first kappa shape index (κ1) is 18.5. The lowest BCUT2D eigenvalue weighted by Gasteiger charge is -2.18. The van der Waals surface area contributed by atoms with Gasteiger partial charge in [0.25, 0.3) is 0 Å². The zero-order chi connectivity index (χ0) is 18.7. The molecule has 1 aromatic carbocycles. The number of aryl methyl sites for hydroxylation is 2. The molecule has 0 radical (unpaired) electrons. The molecule has 138 valence electrons. The molecule has 3 rings (SSSR count). The summed E-state index contributed by atoms with van der Waals surface area (Å²) >= 11 is 1.28. The predicted octanol–water partition coefficient (Wildman–Crippen LogP) is 2.68. The molecule has 1 unspecified atom stereocenters. The quantitative estimate of drug-likeness (QED) is 0.840. The Kier molecular flexibility index (Phi) is 5.63. The Morgan fingerprint density at radius 3 is 2.73 bits per heavy atom. The van der Waals surface area contributed by atoms with E-state index in [-0.39, 0.29) is 18.2 Å². The van der Waals surface area contributed by atoms with E-state index >= 15 is 0 Å². The summed E-state index contributed by atoms with van der Waals surface area (Å²) in [4.78, 5) is 26.6. The number of aromatic nitrogens is 2. The highest BCUT2D eigenvalue weighted by molar-refractivity contribution is 7.15. The zero-order valence-electron chi connectivity index (χ0n) is 15.1. The molecule has 0 saturated carbocycles. The van der Waals surface area contributed by atoms with Gasteiger partial charge in [0.1, 0.15) is 11.6 Å². The molecule has 26 heavy (non-hydrogen) atoms. The van der Waals surface area contributed by atoms with E-state index in [9.17, 15) is 9.59 Å². The van der Waals surface area contributed by atoms with Crippen molar-refractivity contribution in [3.8, 4) is 0 Å². The van der Waals surface area contributed by atoms with Gasteiger partial charge in [0.15, 0.2) is 0 Å². The van der Waals surface area contributed by atoms with Crippen LogP contribution >= 0.6 is 11.3 Å². The summed E-state index contributed by atoms with van der Waals surface area (Å²) in [6.45, 7) is 7.25. The van der Waals surface area contributed by atoms with Crippen LogP contribution in [-0.2, 0) is 20.9 Å². The van der Waals surface area contributed by atoms with Gasteiger partial charge >= 0.3 is 0 Å². The fraction of sp³-hybridized carbons (Fsp3) is 0.444. The number of benzene rings is 1. The number of rotatable bonds is 6. The van der Waals surface area contributed by atoms with E-state index in [1.165, 1.54) is 11.3 Å². The lowest BCUT2D eigenvalue weighted by Crippen LogP contribution is -2.28. The molecule has 2 heterocycles. The van der Waals surface area contributed by atoms with Crippen molar-refractivity contribution in [1.82, 2.24) is 10.2 Å². The number of hydrogen-bond donors (Lipinski definition) is 1. The lowest BCUT2D eigenvalue weighted by atomic mass is 10.1. The van der Waals surface area contributed by atoms with Crippen LogP contribution < -0.4 is 10.2 Å². The molecular weight excluding hydrogens is 352 g/mol. The second-order valence-corrected chi connectivity index (χ2v) is 7.44. The van der Waals surface area contributed by atoms with Crippen LogP contribution in [0.4, 0.5) is 10.8 Å². The normalized spacial score (nSPS) is 17.0. The van der Waals surface area contributed by atoms with Gasteiger partial charge in [-0.15, -0.1) is 10.2 Å². The summed E-state index contributed by atoms with van der Waals surface area (Å²) < 4.78 is 5.28. The van der Waals surface area contributed by atoms with E-state index in [2.05, 4.69) is 21.6 Å². The SMILES string of the molecule is CCOCc1nnc(NC(=O)C2CC(=O)N(c3cc(C)cc(C)c3)C2)s1. The van der Waals surface area contributed by atoms with Crippen molar-refractivity contribution in [2.45, 2.75) is 33.8 Å². The highest BCUT2D eigenvalue weighted by atomic mass is 32.1. The second-order valence-electron chi connectivity index (χ2n) is 6.38. The average Bonchev–Trinajstić information content (AvgIpc) is 3.18. The fourth-order valence-corrected chi connectivity index (χ4v) is 3.68. The number of ether oxygens (including phenoxy) is 1. The van der Waals surface area contributed by atoms with Crippen molar-refractivity contribution in [2.75, 3.05) is 23.4 Å². The van der Waals surface area contributed by atoms with Gasteiger partial charge < -0.3 is 15.0 Å². The number of nitrogens with one attached hydrogen (secondary N) is 1. The number of amides is 2. The monoisotopic (exact) mass is 374 g/mol. The highest BCUT2D eigenvalue weighted by Crippen LogP contribution is 2.28. The van der Waals surface area contributed by atoms with Crippen LogP contribution in [0.1, 0.15) is 29.5 Å². The van der Waals surface area contributed by atoms with Crippen molar-refractivity contribution < 1.29 is 14.3 Å². The molecule has 1 fully saturated rings. The van der Waals surface area contributed by atoms with Crippen LogP contribution in [-0.4, -0.2) is 35.2 Å². The highest BCUT2D eigenvalue weighted by Gasteiger charge is 2.35. The number of anilines is 2. The molecule has 7 nitrogen and oxygen atoms in total. The van der Waals surface area contributed by atoms with E-state index in [1.807, 2.05) is 32.9 Å². The van der Waals surface area contributed by atoms with Crippen molar-refractivity contribution in [2.24, 2.45) is 5.92 Å². The summed E-state index contributed by atoms with van der Waals surface area (Å²) in [5.74, 6) is -0.642. The first-order chi connectivity index (χ1) is 12.5. The molecule has 1 aliphatic heterocycles. The Balaban J connectivity index is 1.64. The second kappa shape index (κ2) is 7.92. The maximum Gasteiger partial charge on any atom is 0.231 e. The third-order valence-electron chi connectivity index (χ3n) is 4.14. The predicted molar refractivity (Wildman–Crippen MR) is 100 cm³/mol. The smallest absolute Gasteiger partial charge is 0.231 e. The van der Waals surface area contributed by atoms with E-state index in [4.69, 9.17) is 4.74 Å². The van der Waals surface area contributed by atoms with Crippen LogP contribution in [0.5, 0.6) is 0 Å². The van der Waals surface area contributed by atoms with Crippen LogP contribution in [0, 0.1) is 19.8 Å². The van der Waals surface area contributed by atoms with E-state index in [0.29, 0.717) is 29.9 Å². The minimum absolute atomic E-state index is 0.0375. The van der Waals surface area contributed by atoms with Gasteiger partial charge in [-0.2, -0.15) is 0 Å². The van der Waals surface area contributed by atoms with Gasteiger partial charge in [-0.3, -0.25) is 9.59 Å². The molecule has 0 bridgehead atoms. The molecule has 2 amide bonds. The summed E-state index contributed by atoms with van der Waals surface area (Å²) in [5, 5.41) is 11.8. The largest absolute Gasteiger partial charge is 0.374 e. The molecule has 0 spiro atoms. The zero-order valence-corrected chi connectivity index (χ0v) is 15.9. The fourth-order valence-electron chi connectivity index (χ4n) is 3.00. The van der Waals surface area contributed by atoms with Crippen LogP contribution in [0.3, 0.4) is 0 Å². The van der Waals surface area contributed by atoms with E-state index in [1.54, 1.807) is 4.90 Å². The molecular formula is C18H22N4O3S. The van der Waals surface area contributed by atoms with Gasteiger partial charge in [-0.1, -0.05) is 17.4 Å². The van der Waals surface area contributed by atoms with Gasteiger partial charge in [-0.25, -0.2) is 0 Å². The summed E-state index contributed by atoms with van der Waals surface area (Å²) in [6.07, 6.45) is 0.198. The molecule has 1 atom stereocenters. The Morgan fingerprint density at radius 2 is 2.04 bits per heavy atom. The Morgan fingerprint density at radius 1 is 1.31 bits per heavy atom. The van der Waals surface area contributed by atoms with Crippen molar-refractivity contribution in [3.63, 3.8) is 0 Å². The minimum atomic E-state index is -0.400. The Hall–Kier alpha value is -2.32. The Bertz CT molecular complexity index is 800. The molecule has 2 aromatic rings. The number of carbonyl (C=O) groups is 2. The Labute approximate surface area is 156 Å². The van der Waals surface area contributed by atoms with E-state index in [0.717, 1.165) is 16.8 Å². The van der Waals surface area contributed by atoms with Crippen LogP contribution in [0.2, 0.25) is 0 Å². The summed E-state index contributed by atoms with van der Waals surface area (Å²) in [6, 6.07) is 6.00. The molecule has 1 saturated heterocycles. The standard InChI is InChI=1S/C18H22N4O3S/c1-4-25-10-15-20-21-18(26-15)19-17(24)13-8-16(23)22(9-13)14-6-11(2)5-12(3)7-14/h5-7,13H,4,8-10H2,1-3H3,(H,19,21,24). The maximum atomic E-state index is 12.5.